The molecular weight excluding hydrogens is 442 g/mol. The van der Waals surface area contributed by atoms with Crippen LogP contribution in [0.3, 0.4) is 0 Å². The first-order valence-electron chi connectivity index (χ1n) is 12.2. The van der Waals surface area contributed by atoms with Crippen molar-refractivity contribution in [3.8, 4) is 22.8 Å². The van der Waals surface area contributed by atoms with E-state index < -0.39 is 0 Å². The Labute approximate surface area is 205 Å². The van der Waals surface area contributed by atoms with E-state index in [1.54, 1.807) is 19.4 Å². The van der Waals surface area contributed by atoms with Crippen LogP contribution in [0.25, 0.3) is 11.1 Å². The fraction of sp³-hybridized carbons (Fsp3) is 0.407. The highest BCUT2D eigenvalue weighted by atomic mass is 16.5. The lowest BCUT2D eigenvalue weighted by Crippen LogP contribution is -2.38. The number of anilines is 1. The van der Waals surface area contributed by atoms with E-state index in [4.69, 9.17) is 15.2 Å². The smallest absolute Gasteiger partial charge is 0.253 e. The van der Waals surface area contributed by atoms with Gasteiger partial charge in [-0.15, -0.1) is 5.10 Å². The van der Waals surface area contributed by atoms with Crippen molar-refractivity contribution in [3.63, 3.8) is 0 Å². The largest absolute Gasteiger partial charge is 0.496 e. The zero-order valence-corrected chi connectivity index (χ0v) is 20.2. The van der Waals surface area contributed by atoms with Gasteiger partial charge >= 0.3 is 0 Å². The molecule has 1 unspecified atom stereocenters. The number of piperidine rings is 1. The van der Waals surface area contributed by atoms with Crippen LogP contribution in [0.1, 0.15) is 54.6 Å². The summed E-state index contributed by atoms with van der Waals surface area (Å²) in [5, 5.41) is 8.17. The Balaban J connectivity index is 1.25. The highest BCUT2D eigenvalue weighted by Gasteiger charge is 2.30. The van der Waals surface area contributed by atoms with Gasteiger partial charge in [-0.05, 0) is 74.9 Å². The van der Waals surface area contributed by atoms with Gasteiger partial charge in [0.2, 0.25) is 5.88 Å². The minimum absolute atomic E-state index is 0.00706. The van der Waals surface area contributed by atoms with Crippen LogP contribution in [0, 0.1) is 5.92 Å². The standard InChI is InChI=1S/C27H31N5O3/c1-17(18-3-4-18)35-26-10-6-21(16-29-26)22-7-5-20(15-24(22)34-2)27(33)32-13-11-19(12-14-32)23-8-9-25(28)31-30-23/h5-10,15-19H,3-4,11-14H2,1-2H3,(H2,28,31). The van der Waals surface area contributed by atoms with Crippen molar-refractivity contribution in [2.75, 3.05) is 25.9 Å². The molecule has 8 heteroatoms. The van der Waals surface area contributed by atoms with Crippen molar-refractivity contribution < 1.29 is 14.3 Å². The molecule has 0 radical (unpaired) electrons. The molecule has 182 valence electrons. The lowest BCUT2D eigenvalue weighted by atomic mass is 9.93. The molecule has 2 aromatic heterocycles. The number of methoxy groups -OCH3 is 1. The summed E-state index contributed by atoms with van der Waals surface area (Å²) in [6.45, 7) is 3.44. The molecule has 1 atom stereocenters. The van der Waals surface area contributed by atoms with Crippen molar-refractivity contribution >= 4 is 11.7 Å². The van der Waals surface area contributed by atoms with Crippen molar-refractivity contribution in [2.24, 2.45) is 5.92 Å². The van der Waals surface area contributed by atoms with Crippen LogP contribution < -0.4 is 15.2 Å². The molecule has 1 aromatic carbocycles. The second kappa shape index (κ2) is 9.90. The number of benzene rings is 1. The third-order valence-electron chi connectivity index (χ3n) is 6.99. The molecule has 2 N–H and O–H groups in total. The van der Waals surface area contributed by atoms with Gasteiger partial charge in [0.05, 0.1) is 12.8 Å². The van der Waals surface area contributed by atoms with Crippen molar-refractivity contribution in [2.45, 2.75) is 44.6 Å². The van der Waals surface area contributed by atoms with E-state index in [1.165, 1.54) is 12.8 Å². The second-order valence-corrected chi connectivity index (χ2v) is 9.41. The number of rotatable bonds is 7. The average molecular weight is 474 g/mol. The normalized spacial score (nSPS) is 17.1. The summed E-state index contributed by atoms with van der Waals surface area (Å²) in [6, 6.07) is 13.2. The summed E-state index contributed by atoms with van der Waals surface area (Å²) in [5.41, 5.74) is 8.99. The number of nitrogen functional groups attached to an aromatic ring is 1. The van der Waals surface area contributed by atoms with Crippen molar-refractivity contribution in [3.05, 3.63) is 59.9 Å². The molecule has 1 aliphatic heterocycles. The van der Waals surface area contributed by atoms with Gasteiger partial charge in [-0.3, -0.25) is 4.79 Å². The lowest BCUT2D eigenvalue weighted by Gasteiger charge is -2.31. The van der Waals surface area contributed by atoms with Crippen LogP contribution in [0.15, 0.2) is 48.7 Å². The van der Waals surface area contributed by atoms with Gasteiger partial charge in [0.15, 0.2) is 0 Å². The maximum Gasteiger partial charge on any atom is 0.253 e. The number of amides is 1. The highest BCUT2D eigenvalue weighted by Crippen LogP contribution is 2.35. The maximum atomic E-state index is 13.2. The van der Waals surface area contributed by atoms with Gasteiger partial charge < -0.3 is 20.1 Å². The summed E-state index contributed by atoms with van der Waals surface area (Å²) in [7, 11) is 1.62. The SMILES string of the molecule is COc1cc(C(=O)N2CCC(c3ccc(N)nn3)CC2)ccc1-c1ccc(OC(C)C2CC2)nc1. The molecule has 5 rings (SSSR count). The van der Waals surface area contributed by atoms with Crippen LogP contribution in [0.5, 0.6) is 11.6 Å². The second-order valence-electron chi connectivity index (χ2n) is 9.41. The van der Waals surface area contributed by atoms with E-state index in [9.17, 15) is 4.79 Å². The predicted octanol–water partition coefficient (Wildman–Crippen LogP) is 4.33. The molecule has 1 aliphatic carbocycles. The first-order chi connectivity index (χ1) is 17.0. The van der Waals surface area contributed by atoms with Crippen molar-refractivity contribution in [1.29, 1.82) is 0 Å². The van der Waals surface area contributed by atoms with E-state index in [0.29, 0.717) is 42.0 Å². The minimum Gasteiger partial charge on any atom is -0.496 e. The maximum absolute atomic E-state index is 13.2. The number of likely N-dealkylation sites (tertiary alicyclic amines) is 1. The molecule has 8 nitrogen and oxygen atoms in total. The Morgan fingerprint density at radius 1 is 1.06 bits per heavy atom. The number of hydrogen-bond acceptors (Lipinski definition) is 7. The van der Waals surface area contributed by atoms with E-state index in [1.807, 2.05) is 41.3 Å². The van der Waals surface area contributed by atoms with Gasteiger partial charge in [0.25, 0.3) is 5.91 Å². The zero-order chi connectivity index (χ0) is 24.4. The van der Waals surface area contributed by atoms with Crippen LogP contribution in [0.2, 0.25) is 0 Å². The van der Waals surface area contributed by atoms with Crippen LogP contribution in [0.4, 0.5) is 5.82 Å². The Kier molecular flexibility index (Phi) is 6.53. The Morgan fingerprint density at radius 2 is 1.86 bits per heavy atom. The first kappa shape index (κ1) is 23.1. The van der Waals surface area contributed by atoms with E-state index in [-0.39, 0.29) is 17.9 Å². The molecule has 35 heavy (non-hydrogen) atoms. The number of pyridine rings is 1. The third kappa shape index (κ3) is 5.21. The average Bonchev–Trinajstić information content (AvgIpc) is 3.75. The Hall–Kier alpha value is -3.68. The summed E-state index contributed by atoms with van der Waals surface area (Å²) in [6.07, 6.45) is 6.14. The van der Waals surface area contributed by atoms with Gasteiger partial charge in [-0.2, -0.15) is 5.10 Å². The fourth-order valence-electron chi connectivity index (χ4n) is 4.66. The van der Waals surface area contributed by atoms with E-state index in [2.05, 4.69) is 22.1 Å². The molecule has 2 aliphatic rings. The van der Waals surface area contributed by atoms with E-state index in [0.717, 1.165) is 29.7 Å². The first-order valence-corrected chi connectivity index (χ1v) is 12.2. The number of nitrogens with two attached hydrogens (primary N) is 1. The number of ether oxygens (including phenoxy) is 2. The molecule has 1 saturated heterocycles. The molecule has 0 bridgehead atoms. The van der Waals surface area contributed by atoms with Crippen LogP contribution in [-0.4, -0.2) is 52.3 Å². The summed E-state index contributed by atoms with van der Waals surface area (Å²) in [4.78, 5) is 19.6. The number of aromatic nitrogens is 3. The summed E-state index contributed by atoms with van der Waals surface area (Å²) >= 11 is 0. The molecule has 1 saturated carbocycles. The summed E-state index contributed by atoms with van der Waals surface area (Å²) < 4.78 is 11.6. The van der Waals surface area contributed by atoms with Gasteiger partial charge in [0, 0.05) is 48.0 Å². The monoisotopic (exact) mass is 473 g/mol. The molecular formula is C27H31N5O3. The lowest BCUT2D eigenvalue weighted by molar-refractivity contribution is 0.0711. The van der Waals surface area contributed by atoms with Gasteiger partial charge in [-0.25, -0.2) is 4.98 Å². The number of carbonyl (C=O) groups excluding carboxylic acids is 1. The van der Waals surface area contributed by atoms with Crippen LogP contribution in [-0.2, 0) is 0 Å². The number of carbonyl (C=O) groups is 1. The third-order valence-corrected chi connectivity index (χ3v) is 6.99. The molecule has 3 aromatic rings. The molecule has 1 amide bonds. The van der Waals surface area contributed by atoms with Crippen molar-refractivity contribution in [1.82, 2.24) is 20.1 Å². The highest BCUT2D eigenvalue weighted by molar-refractivity contribution is 5.95. The Morgan fingerprint density at radius 3 is 2.49 bits per heavy atom. The molecule has 0 spiro atoms. The summed E-state index contributed by atoms with van der Waals surface area (Å²) in [5.74, 6) is 2.64. The number of nitrogens with zero attached hydrogens (tertiary/aromatic N) is 4. The quantitative estimate of drug-likeness (QED) is 0.545. The molecule has 3 heterocycles. The van der Waals surface area contributed by atoms with Gasteiger partial charge in [0.1, 0.15) is 17.7 Å². The topological polar surface area (TPSA) is 103 Å². The fourth-order valence-corrected chi connectivity index (χ4v) is 4.66. The van der Waals surface area contributed by atoms with E-state index >= 15 is 0 Å². The minimum atomic E-state index is 0.00706. The predicted molar refractivity (Wildman–Crippen MR) is 133 cm³/mol. The number of hydrogen-bond donors (Lipinski definition) is 1. The Bertz CT molecular complexity index is 1170. The molecule has 2 fully saturated rings. The van der Waals surface area contributed by atoms with Crippen LogP contribution >= 0.6 is 0 Å². The zero-order valence-electron chi connectivity index (χ0n) is 20.2. The van der Waals surface area contributed by atoms with Gasteiger partial charge in [-0.1, -0.05) is 0 Å².